The molecule has 0 unspecified atom stereocenters. The van der Waals surface area contributed by atoms with Crippen molar-refractivity contribution in [2.75, 3.05) is 19.7 Å². The van der Waals surface area contributed by atoms with E-state index in [0.29, 0.717) is 19.2 Å². The molecular weight excluding hydrogens is 300 g/mol. The standard InChI is InChI=1S/C20H28N2O2/c1-2-24-18-8-7-14-9-10-22(12-17(14)11-18)13-19(23)21-20(15-3-4-15)16-5-6-16/h7-8,11,15-16,20H,2-6,9-10,12-13H2,1H3,(H,21,23). The van der Waals surface area contributed by atoms with Crippen molar-refractivity contribution in [3.8, 4) is 5.75 Å². The lowest BCUT2D eigenvalue weighted by atomic mass is 9.99. The molecule has 1 amide bonds. The number of rotatable bonds is 7. The third-order valence-electron chi connectivity index (χ3n) is 5.53. The van der Waals surface area contributed by atoms with Gasteiger partial charge in [-0.05, 0) is 74.1 Å². The summed E-state index contributed by atoms with van der Waals surface area (Å²) in [6, 6.07) is 6.83. The monoisotopic (exact) mass is 328 g/mol. The molecule has 1 aromatic rings. The number of hydrogen-bond acceptors (Lipinski definition) is 3. The maximum Gasteiger partial charge on any atom is 0.234 e. The number of benzene rings is 1. The molecule has 2 saturated carbocycles. The number of carbonyl (C=O) groups excluding carboxylic acids is 1. The molecule has 1 aliphatic heterocycles. The first kappa shape index (κ1) is 15.9. The average Bonchev–Trinajstić information content (AvgIpc) is 3.47. The molecular formula is C20H28N2O2. The lowest BCUT2D eigenvalue weighted by Gasteiger charge is -2.29. The summed E-state index contributed by atoms with van der Waals surface area (Å²) in [6.07, 6.45) is 6.23. The van der Waals surface area contributed by atoms with Crippen molar-refractivity contribution < 1.29 is 9.53 Å². The van der Waals surface area contributed by atoms with Gasteiger partial charge in [-0.15, -0.1) is 0 Å². The van der Waals surface area contributed by atoms with Gasteiger partial charge >= 0.3 is 0 Å². The van der Waals surface area contributed by atoms with Gasteiger partial charge in [-0.3, -0.25) is 9.69 Å². The third kappa shape index (κ3) is 3.75. The number of carbonyl (C=O) groups is 1. The molecule has 0 radical (unpaired) electrons. The summed E-state index contributed by atoms with van der Waals surface area (Å²) in [7, 11) is 0. The Morgan fingerprint density at radius 3 is 2.67 bits per heavy atom. The highest BCUT2D eigenvalue weighted by Gasteiger charge is 2.42. The summed E-state index contributed by atoms with van der Waals surface area (Å²) in [5.41, 5.74) is 2.70. The Bertz CT molecular complexity index is 596. The van der Waals surface area contributed by atoms with Gasteiger partial charge in [-0.2, -0.15) is 0 Å². The van der Waals surface area contributed by atoms with Crippen molar-refractivity contribution in [2.24, 2.45) is 11.8 Å². The molecule has 4 rings (SSSR count). The Morgan fingerprint density at radius 1 is 1.25 bits per heavy atom. The average molecular weight is 328 g/mol. The van der Waals surface area contributed by atoms with Gasteiger partial charge in [0.1, 0.15) is 5.75 Å². The maximum absolute atomic E-state index is 12.5. The largest absolute Gasteiger partial charge is 0.494 e. The molecule has 0 atom stereocenters. The maximum atomic E-state index is 12.5. The zero-order chi connectivity index (χ0) is 16.5. The molecule has 24 heavy (non-hydrogen) atoms. The summed E-state index contributed by atoms with van der Waals surface area (Å²) in [5.74, 6) is 2.67. The van der Waals surface area contributed by atoms with Crippen LogP contribution in [0.2, 0.25) is 0 Å². The van der Waals surface area contributed by atoms with Gasteiger partial charge < -0.3 is 10.1 Å². The highest BCUT2D eigenvalue weighted by molar-refractivity contribution is 5.78. The Balaban J connectivity index is 1.34. The van der Waals surface area contributed by atoms with Crippen LogP contribution in [0.15, 0.2) is 18.2 Å². The Labute approximate surface area is 144 Å². The first-order valence-electron chi connectivity index (χ1n) is 9.49. The minimum atomic E-state index is 0.211. The third-order valence-corrected chi connectivity index (χ3v) is 5.53. The second-order valence-corrected chi connectivity index (χ2v) is 7.59. The highest BCUT2D eigenvalue weighted by Crippen LogP contribution is 2.44. The topological polar surface area (TPSA) is 41.6 Å². The lowest BCUT2D eigenvalue weighted by Crippen LogP contribution is -2.45. The molecule has 0 aromatic heterocycles. The molecule has 1 N–H and O–H groups in total. The van der Waals surface area contributed by atoms with Crippen molar-refractivity contribution in [3.63, 3.8) is 0 Å². The second kappa shape index (κ2) is 6.75. The van der Waals surface area contributed by atoms with Crippen LogP contribution < -0.4 is 10.1 Å². The molecule has 0 spiro atoms. The van der Waals surface area contributed by atoms with Gasteiger partial charge in [0.25, 0.3) is 0 Å². The molecule has 0 saturated heterocycles. The smallest absolute Gasteiger partial charge is 0.234 e. The zero-order valence-corrected chi connectivity index (χ0v) is 14.6. The van der Waals surface area contributed by atoms with Gasteiger partial charge in [0.05, 0.1) is 13.2 Å². The van der Waals surface area contributed by atoms with Crippen LogP contribution in [0.4, 0.5) is 0 Å². The van der Waals surface area contributed by atoms with Crippen LogP contribution in [-0.4, -0.2) is 36.5 Å². The Morgan fingerprint density at radius 2 is 2.00 bits per heavy atom. The van der Waals surface area contributed by atoms with Gasteiger partial charge in [-0.1, -0.05) is 6.07 Å². The van der Waals surface area contributed by atoms with Crippen LogP contribution in [-0.2, 0) is 17.8 Å². The number of hydrogen-bond donors (Lipinski definition) is 1. The van der Waals surface area contributed by atoms with E-state index in [-0.39, 0.29) is 5.91 Å². The predicted octanol–water partition coefficient (Wildman–Crippen LogP) is 2.75. The van der Waals surface area contributed by atoms with E-state index in [2.05, 4.69) is 28.4 Å². The van der Waals surface area contributed by atoms with E-state index in [1.165, 1.54) is 36.8 Å². The first-order valence-corrected chi connectivity index (χ1v) is 9.49. The number of ether oxygens (including phenoxy) is 1. The fourth-order valence-electron chi connectivity index (χ4n) is 3.95. The summed E-state index contributed by atoms with van der Waals surface area (Å²) in [6.45, 7) is 5.03. The molecule has 130 valence electrons. The Hall–Kier alpha value is -1.55. The number of amides is 1. The number of nitrogens with one attached hydrogen (secondary N) is 1. The van der Waals surface area contributed by atoms with E-state index >= 15 is 0 Å². The lowest BCUT2D eigenvalue weighted by molar-refractivity contribution is -0.123. The van der Waals surface area contributed by atoms with E-state index in [0.717, 1.165) is 37.1 Å². The van der Waals surface area contributed by atoms with Crippen molar-refractivity contribution >= 4 is 5.91 Å². The molecule has 0 bridgehead atoms. The van der Waals surface area contributed by atoms with Gasteiger partial charge in [-0.25, -0.2) is 0 Å². The van der Waals surface area contributed by atoms with E-state index in [1.807, 2.05) is 6.92 Å². The van der Waals surface area contributed by atoms with Crippen molar-refractivity contribution in [3.05, 3.63) is 29.3 Å². The van der Waals surface area contributed by atoms with Crippen molar-refractivity contribution in [1.29, 1.82) is 0 Å². The molecule has 3 aliphatic rings. The van der Waals surface area contributed by atoms with E-state index in [1.54, 1.807) is 0 Å². The van der Waals surface area contributed by atoms with E-state index in [4.69, 9.17) is 4.74 Å². The quantitative estimate of drug-likeness (QED) is 0.837. The van der Waals surface area contributed by atoms with Crippen molar-refractivity contribution in [2.45, 2.75) is 51.6 Å². The van der Waals surface area contributed by atoms with Crippen LogP contribution in [0, 0.1) is 11.8 Å². The van der Waals surface area contributed by atoms with Crippen LogP contribution in [0.25, 0.3) is 0 Å². The van der Waals surface area contributed by atoms with E-state index in [9.17, 15) is 4.79 Å². The summed E-state index contributed by atoms with van der Waals surface area (Å²) in [5, 5.41) is 3.34. The predicted molar refractivity (Wildman–Crippen MR) is 94.0 cm³/mol. The summed E-state index contributed by atoms with van der Waals surface area (Å²) in [4.78, 5) is 14.8. The minimum absolute atomic E-state index is 0.211. The molecule has 4 heteroatoms. The number of nitrogens with zero attached hydrogens (tertiary/aromatic N) is 1. The fraction of sp³-hybridized carbons (Fsp3) is 0.650. The summed E-state index contributed by atoms with van der Waals surface area (Å²) >= 11 is 0. The molecule has 1 aromatic carbocycles. The molecule has 2 aliphatic carbocycles. The second-order valence-electron chi connectivity index (χ2n) is 7.59. The van der Waals surface area contributed by atoms with Crippen molar-refractivity contribution in [1.82, 2.24) is 10.2 Å². The number of fused-ring (bicyclic) bond motifs is 1. The molecule has 4 nitrogen and oxygen atoms in total. The minimum Gasteiger partial charge on any atom is -0.494 e. The first-order chi connectivity index (χ1) is 11.7. The van der Waals surface area contributed by atoms with Crippen LogP contribution in [0.5, 0.6) is 5.75 Å². The van der Waals surface area contributed by atoms with E-state index < -0.39 is 0 Å². The van der Waals surface area contributed by atoms with Crippen LogP contribution in [0.3, 0.4) is 0 Å². The SMILES string of the molecule is CCOc1ccc2c(c1)CN(CC(=O)NC(C1CC1)C1CC1)CC2. The summed E-state index contributed by atoms with van der Waals surface area (Å²) < 4.78 is 5.61. The van der Waals surface area contributed by atoms with Gasteiger partial charge in [0.2, 0.25) is 5.91 Å². The molecule has 2 fully saturated rings. The van der Waals surface area contributed by atoms with Gasteiger partial charge in [0.15, 0.2) is 0 Å². The highest BCUT2D eigenvalue weighted by atomic mass is 16.5. The van der Waals surface area contributed by atoms with Crippen LogP contribution in [0.1, 0.15) is 43.7 Å². The Kier molecular flexibility index (Phi) is 4.49. The van der Waals surface area contributed by atoms with Crippen LogP contribution >= 0.6 is 0 Å². The zero-order valence-electron chi connectivity index (χ0n) is 14.6. The fourth-order valence-corrected chi connectivity index (χ4v) is 3.95. The molecule has 1 heterocycles. The normalized spacial score (nSPS) is 20.8. The van der Waals surface area contributed by atoms with Gasteiger partial charge in [0, 0.05) is 19.1 Å².